The SMILES string of the molecule is CC.Cc1cc(CCCCC2(C(=O)O)CC2)c(C)c(-c2cc(CCCCCC3(C(=O)O)CC3)c(C)c(C)c2CCCCC2(C(=O)O)CC2)c1CCCCCC1(C(=O)O)CC1. The zero-order chi connectivity index (χ0) is 43.9. The van der Waals surface area contributed by atoms with Gasteiger partial charge in [-0.2, -0.15) is 0 Å². The van der Waals surface area contributed by atoms with Gasteiger partial charge in [0.1, 0.15) is 0 Å². The maximum atomic E-state index is 12.0. The molecule has 0 amide bonds. The summed E-state index contributed by atoms with van der Waals surface area (Å²) in [6, 6.07) is 4.83. The van der Waals surface area contributed by atoms with Crippen LogP contribution < -0.4 is 0 Å². The first-order chi connectivity index (χ1) is 28.6. The van der Waals surface area contributed by atoms with Crippen LogP contribution in [0.25, 0.3) is 11.1 Å². The molecule has 8 heteroatoms. The molecule has 0 heterocycles. The van der Waals surface area contributed by atoms with E-state index in [0.29, 0.717) is 0 Å². The van der Waals surface area contributed by atoms with Gasteiger partial charge in [0.05, 0.1) is 21.7 Å². The van der Waals surface area contributed by atoms with E-state index in [1.165, 1.54) is 55.6 Å². The van der Waals surface area contributed by atoms with Gasteiger partial charge in [0.15, 0.2) is 0 Å². The molecule has 4 N–H and O–H groups in total. The quantitative estimate of drug-likeness (QED) is 0.0650. The Balaban J connectivity index is 0.00000336. The third kappa shape index (κ3) is 11.0. The van der Waals surface area contributed by atoms with E-state index in [2.05, 4.69) is 39.8 Å². The highest BCUT2D eigenvalue weighted by Gasteiger charge is 2.51. The number of rotatable bonds is 27. The van der Waals surface area contributed by atoms with E-state index >= 15 is 0 Å². The Hall–Kier alpha value is -3.68. The Morgan fingerprint density at radius 1 is 0.433 bits per heavy atom. The number of hydrogen-bond donors (Lipinski definition) is 4. The molecule has 0 bridgehead atoms. The topological polar surface area (TPSA) is 149 Å². The van der Waals surface area contributed by atoms with Crippen molar-refractivity contribution in [2.45, 2.75) is 208 Å². The van der Waals surface area contributed by atoms with E-state index in [0.717, 1.165) is 167 Å². The van der Waals surface area contributed by atoms with Crippen LogP contribution in [0.2, 0.25) is 0 Å². The molecule has 0 saturated heterocycles. The van der Waals surface area contributed by atoms with Gasteiger partial charge in [-0.05, 0) is 212 Å². The molecule has 4 aliphatic carbocycles. The molecule has 0 aliphatic heterocycles. The molecular formula is C52H76O8. The first kappa shape index (κ1) is 47.4. The molecule has 4 saturated carbocycles. The summed E-state index contributed by atoms with van der Waals surface area (Å²) in [6.45, 7) is 13.0. The minimum Gasteiger partial charge on any atom is -0.481 e. The van der Waals surface area contributed by atoms with Crippen molar-refractivity contribution in [2.24, 2.45) is 21.7 Å². The molecule has 2 aromatic rings. The fraction of sp³-hybridized carbons (Fsp3) is 0.692. The minimum atomic E-state index is -0.655. The molecule has 2 aromatic carbocycles. The standard InChI is InChI=1S/C50H70O8.C2H6/c1-33-31-37(16-9-13-21-49(27-28-49)45(55)56)36(4)42(39(33)17-8-6-12-20-48(25-26-48)44(53)54)41-32-38(15-7-5-11-19-47(23-24-47)43(51)52)34(2)35(3)40(41)18-10-14-22-50(29-30-50)46(57)58;1-2/h31-32H,5-30H2,1-4H3,(H,51,52)(H,53,54)(H,55,56)(H,57,58);1-2H3. The lowest BCUT2D eigenvalue weighted by molar-refractivity contribution is -0.144. The Labute approximate surface area is 360 Å². The number of carboxylic acids is 4. The lowest BCUT2D eigenvalue weighted by atomic mass is 9.79. The Morgan fingerprint density at radius 3 is 1.17 bits per heavy atom. The number of hydrogen-bond acceptors (Lipinski definition) is 4. The minimum absolute atomic E-state index is 0.479. The molecule has 0 radical (unpaired) electrons. The van der Waals surface area contributed by atoms with Crippen molar-refractivity contribution in [3.63, 3.8) is 0 Å². The summed E-state index contributed by atoms with van der Waals surface area (Å²) in [5.74, 6) is -2.59. The van der Waals surface area contributed by atoms with Gasteiger partial charge in [-0.15, -0.1) is 0 Å². The zero-order valence-electron chi connectivity index (χ0n) is 38.0. The van der Waals surface area contributed by atoms with Gasteiger partial charge in [0, 0.05) is 0 Å². The highest BCUT2D eigenvalue weighted by atomic mass is 16.4. The summed E-state index contributed by atoms with van der Waals surface area (Å²) < 4.78 is 0. The van der Waals surface area contributed by atoms with E-state index < -0.39 is 45.5 Å². The molecule has 4 aliphatic rings. The summed E-state index contributed by atoms with van der Waals surface area (Å²) >= 11 is 0. The van der Waals surface area contributed by atoms with E-state index in [9.17, 15) is 39.6 Å². The number of carboxylic acid groups (broad SMARTS) is 4. The molecule has 0 atom stereocenters. The Kier molecular flexibility index (Phi) is 15.8. The van der Waals surface area contributed by atoms with Crippen molar-refractivity contribution in [2.75, 3.05) is 0 Å². The van der Waals surface area contributed by atoms with Gasteiger partial charge in [-0.25, -0.2) is 0 Å². The monoisotopic (exact) mass is 829 g/mol. The summed E-state index contributed by atoms with van der Waals surface area (Å²) in [5, 5.41) is 39.0. The number of benzene rings is 2. The fourth-order valence-corrected chi connectivity index (χ4v) is 10.2. The summed E-state index contributed by atoms with van der Waals surface area (Å²) in [4.78, 5) is 47.5. The van der Waals surface area contributed by atoms with E-state index in [1.807, 2.05) is 13.8 Å². The second-order valence-electron chi connectivity index (χ2n) is 19.5. The molecule has 0 unspecified atom stereocenters. The van der Waals surface area contributed by atoms with Crippen molar-refractivity contribution in [3.8, 4) is 11.1 Å². The average Bonchev–Trinajstić information content (AvgIpc) is 4.02. The number of unbranched alkanes of at least 4 members (excludes halogenated alkanes) is 6. The van der Waals surface area contributed by atoms with Gasteiger partial charge < -0.3 is 20.4 Å². The lowest BCUT2D eigenvalue weighted by Gasteiger charge is -2.25. The van der Waals surface area contributed by atoms with E-state index in [1.54, 1.807) is 0 Å². The van der Waals surface area contributed by atoms with Gasteiger partial charge in [-0.1, -0.05) is 64.5 Å². The normalized spacial score (nSPS) is 18.2. The van der Waals surface area contributed by atoms with Crippen LogP contribution in [0.3, 0.4) is 0 Å². The van der Waals surface area contributed by atoms with Crippen molar-refractivity contribution < 1.29 is 39.6 Å². The molecular weight excluding hydrogens is 753 g/mol. The molecule has 6 rings (SSSR count). The summed E-state index contributed by atoms with van der Waals surface area (Å²) in [6.07, 6.45) is 22.4. The first-order valence-corrected chi connectivity index (χ1v) is 23.8. The van der Waals surface area contributed by atoms with E-state index in [-0.39, 0.29) is 0 Å². The van der Waals surface area contributed by atoms with Crippen LogP contribution in [0.1, 0.15) is 200 Å². The predicted molar refractivity (Wildman–Crippen MR) is 239 cm³/mol. The second kappa shape index (κ2) is 20.0. The molecule has 0 spiro atoms. The van der Waals surface area contributed by atoms with Crippen LogP contribution in [-0.4, -0.2) is 44.3 Å². The van der Waals surface area contributed by atoms with Crippen molar-refractivity contribution >= 4 is 23.9 Å². The Morgan fingerprint density at radius 2 is 0.767 bits per heavy atom. The number of aliphatic carboxylic acids is 4. The van der Waals surface area contributed by atoms with Gasteiger partial charge in [0.25, 0.3) is 0 Å². The predicted octanol–water partition coefficient (Wildman–Crippen LogP) is 12.7. The third-order valence-electron chi connectivity index (χ3n) is 15.5. The average molecular weight is 829 g/mol. The maximum absolute atomic E-state index is 12.0. The van der Waals surface area contributed by atoms with Crippen LogP contribution >= 0.6 is 0 Å². The molecule has 4 fully saturated rings. The largest absolute Gasteiger partial charge is 0.481 e. The highest BCUT2D eigenvalue weighted by molar-refractivity contribution is 5.80. The van der Waals surface area contributed by atoms with Crippen LogP contribution in [0.5, 0.6) is 0 Å². The van der Waals surface area contributed by atoms with Gasteiger partial charge in [-0.3, -0.25) is 19.2 Å². The number of aryl methyl sites for hydroxylation is 3. The second-order valence-corrected chi connectivity index (χ2v) is 19.5. The summed E-state index contributed by atoms with van der Waals surface area (Å²) in [7, 11) is 0. The maximum Gasteiger partial charge on any atom is 0.309 e. The highest BCUT2D eigenvalue weighted by Crippen LogP contribution is 2.53. The smallest absolute Gasteiger partial charge is 0.309 e. The van der Waals surface area contributed by atoms with Crippen molar-refractivity contribution in [1.82, 2.24) is 0 Å². The molecule has 60 heavy (non-hydrogen) atoms. The van der Waals surface area contributed by atoms with Crippen LogP contribution in [0.15, 0.2) is 12.1 Å². The molecule has 0 aromatic heterocycles. The first-order valence-electron chi connectivity index (χ1n) is 23.8. The zero-order valence-corrected chi connectivity index (χ0v) is 38.0. The molecule has 332 valence electrons. The van der Waals surface area contributed by atoms with Crippen LogP contribution in [0, 0.1) is 49.4 Å². The van der Waals surface area contributed by atoms with Crippen LogP contribution in [-0.2, 0) is 44.9 Å². The van der Waals surface area contributed by atoms with Crippen LogP contribution in [0.4, 0.5) is 0 Å². The number of carbonyl (C=O) groups is 4. The van der Waals surface area contributed by atoms with E-state index in [4.69, 9.17) is 0 Å². The van der Waals surface area contributed by atoms with Crippen molar-refractivity contribution in [3.05, 3.63) is 56.6 Å². The summed E-state index contributed by atoms with van der Waals surface area (Å²) in [5.41, 5.74) is 11.2. The third-order valence-corrected chi connectivity index (χ3v) is 15.5. The lowest BCUT2D eigenvalue weighted by Crippen LogP contribution is -2.14. The van der Waals surface area contributed by atoms with Crippen molar-refractivity contribution in [1.29, 1.82) is 0 Å². The van der Waals surface area contributed by atoms with Gasteiger partial charge in [0.2, 0.25) is 0 Å². The fourth-order valence-electron chi connectivity index (χ4n) is 10.2. The Bertz CT molecular complexity index is 1870. The molecule has 8 nitrogen and oxygen atoms in total. The van der Waals surface area contributed by atoms with Gasteiger partial charge >= 0.3 is 23.9 Å².